The summed E-state index contributed by atoms with van der Waals surface area (Å²) in [5, 5.41) is 18.5. The minimum Gasteiger partial charge on any atom is -0.481 e. The fourth-order valence-electron chi connectivity index (χ4n) is 1.40. The van der Waals surface area contributed by atoms with Gasteiger partial charge in [0.05, 0.1) is 17.6 Å². The second kappa shape index (κ2) is 5.69. The standard InChI is InChI=1S/C13H25NO4/c1-9(2)13(5,11(17)18)7-10(16)14(6)12(3,4)8-15/h9,15H,7-8H2,1-6H3,(H,17,18). The first-order valence-corrected chi connectivity index (χ1v) is 6.10. The number of aliphatic carboxylic acids is 1. The maximum atomic E-state index is 12.1. The van der Waals surface area contributed by atoms with Crippen LogP contribution < -0.4 is 0 Å². The van der Waals surface area contributed by atoms with Gasteiger partial charge in [0.25, 0.3) is 0 Å². The quantitative estimate of drug-likeness (QED) is 0.755. The Balaban J connectivity index is 5.00. The number of hydrogen-bond donors (Lipinski definition) is 2. The van der Waals surface area contributed by atoms with Gasteiger partial charge in [-0.1, -0.05) is 13.8 Å². The third-order valence-corrected chi connectivity index (χ3v) is 3.95. The number of aliphatic hydroxyl groups is 1. The Morgan fingerprint density at radius 2 is 1.67 bits per heavy atom. The number of amides is 1. The Bertz CT molecular complexity index is 325. The first kappa shape index (κ1) is 16.9. The van der Waals surface area contributed by atoms with Crippen molar-refractivity contribution in [2.24, 2.45) is 11.3 Å². The van der Waals surface area contributed by atoms with Crippen LogP contribution in [0.5, 0.6) is 0 Å². The van der Waals surface area contributed by atoms with Crippen molar-refractivity contribution in [3.8, 4) is 0 Å². The van der Waals surface area contributed by atoms with Gasteiger partial charge >= 0.3 is 5.97 Å². The second-order valence-corrected chi connectivity index (χ2v) is 5.98. The largest absolute Gasteiger partial charge is 0.481 e. The third-order valence-electron chi connectivity index (χ3n) is 3.95. The van der Waals surface area contributed by atoms with Crippen molar-refractivity contribution in [1.29, 1.82) is 0 Å². The average molecular weight is 259 g/mol. The Morgan fingerprint density at radius 1 is 1.22 bits per heavy atom. The highest BCUT2D eigenvalue weighted by molar-refractivity contribution is 5.85. The van der Waals surface area contributed by atoms with Gasteiger partial charge in [-0.2, -0.15) is 0 Å². The van der Waals surface area contributed by atoms with E-state index in [0.717, 1.165) is 0 Å². The minimum atomic E-state index is -1.09. The molecule has 0 aliphatic rings. The number of nitrogens with zero attached hydrogens (tertiary/aromatic N) is 1. The predicted octanol–water partition coefficient (Wildman–Crippen LogP) is 1.35. The molecule has 0 saturated heterocycles. The zero-order valence-electron chi connectivity index (χ0n) is 12.1. The van der Waals surface area contributed by atoms with Crippen LogP contribution >= 0.6 is 0 Å². The van der Waals surface area contributed by atoms with Crippen LogP contribution in [0.2, 0.25) is 0 Å². The molecule has 0 aromatic carbocycles. The molecule has 18 heavy (non-hydrogen) atoms. The molecule has 0 aliphatic heterocycles. The zero-order valence-corrected chi connectivity index (χ0v) is 12.1. The molecule has 0 radical (unpaired) electrons. The van der Waals surface area contributed by atoms with Gasteiger partial charge in [0.15, 0.2) is 0 Å². The SMILES string of the molecule is CC(C)C(C)(CC(=O)N(C)C(C)(C)CO)C(=O)O. The Labute approximate surface area is 109 Å². The monoisotopic (exact) mass is 259 g/mol. The molecule has 2 N–H and O–H groups in total. The lowest BCUT2D eigenvalue weighted by molar-refractivity contribution is -0.156. The van der Waals surface area contributed by atoms with E-state index < -0.39 is 16.9 Å². The van der Waals surface area contributed by atoms with E-state index >= 15 is 0 Å². The van der Waals surface area contributed by atoms with E-state index in [0.29, 0.717) is 0 Å². The smallest absolute Gasteiger partial charge is 0.310 e. The second-order valence-electron chi connectivity index (χ2n) is 5.98. The van der Waals surface area contributed by atoms with Crippen molar-refractivity contribution >= 4 is 11.9 Å². The highest BCUT2D eigenvalue weighted by atomic mass is 16.4. The predicted molar refractivity (Wildman–Crippen MR) is 69.1 cm³/mol. The highest BCUT2D eigenvalue weighted by Crippen LogP contribution is 2.32. The summed E-state index contributed by atoms with van der Waals surface area (Å²) < 4.78 is 0. The Morgan fingerprint density at radius 3 is 1.94 bits per heavy atom. The van der Waals surface area contributed by atoms with Gasteiger partial charge in [0, 0.05) is 13.5 Å². The Hall–Kier alpha value is -1.10. The molecule has 0 rings (SSSR count). The van der Waals surface area contributed by atoms with E-state index in [1.165, 1.54) is 4.90 Å². The summed E-state index contributed by atoms with van der Waals surface area (Å²) in [4.78, 5) is 24.9. The van der Waals surface area contributed by atoms with Gasteiger partial charge in [-0.05, 0) is 26.7 Å². The molecule has 0 saturated carbocycles. The molecule has 0 fully saturated rings. The Kier molecular flexibility index (Phi) is 5.35. The summed E-state index contributed by atoms with van der Waals surface area (Å²) in [6.45, 7) is 8.46. The van der Waals surface area contributed by atoms with Crippen LogP contribution in [0.25, 0.3) is 0 Å². The summed E-state index contributed by atoms with van der Waals surface area (Å²) in [7, 11) is 1.58. The first-order chi connectivity index (χ1) is 7.99. The van der Waals surface area contributed by atoms with Crippen molar-refractivity contribution in [1.82, 2.24) is 4.90 Å². The number of carboxylic acid groups (broad SMARTS) is 1. The summed E-state index contributed by atoms with van der Waals surface area (Å²) in [6.07, 6.45) is -0.0695. The molecule has 0 aromatic heterocycles. The van der Waals surface area contributed by atoms with E-state index in [1.807, 2.05) is 0 Å². The molecule has 1 unspecified atom stereocenters. The van der Waals surface area contributed by atoms with E-state index in [-0.39, 0.29) is 24.9 Å². The molecule has 5 heteroatoms. The average Bonchev–Trinajstić information content (AvgIpc) is 2.26. The van der Waals surface area contributed by atoms with Gasteiger partial charge in [-0.25, -0.2) is 0 Å². The van der Waals surface area contributed by atoms with Gasteiger partial charge in [-0.3, -0.25) is 9.59 Å². The normalized spacial score (nSPS) is 15.3. The molecule has 1 atom stereocenters. The lowest BCUT2D eigenvalue weighted by Crippen LogP contribution is -2.50. The number of carbonyl (C=O) groups excluding carboxylic acids is 1. The van der Waals surface area contributed by atoms with Crippen molar-refractivity contribution < 1.29 is 19.8 Å². The highest BCUT2D eigenvalue weighted by Gasteiger charge is 2.41. The number of aliphatic hydroxyl groups excluding tert-OH is 1. The summed E-state index contributed by atoms with van der Waals surface area (Å²) in [5.74, 6) is -1.39. The van der Waals surface area contributed by atoms with Crippen molar-refractivity contribution in [3.05, 3.63) is 0 Å². The van der Waals surface area contributed by atoms with Gasteiger partial charge < -0.3 is 15.1 Å². The number of hydrogen-bond acceptors (Lipinski definition) is 3. The first-order valence-electron chi connectivity index (χ1n) is 6.10. The fraction of sp³-hybridized carbons (Fsp3) is 0.846. The van der Waals surface area contributed by atoms with Crippen LogP contribution in [0.15, 0.2) is 0 Å². The van der Waals surface area contributed by atoms with Crippen molar-refractivity contribution in [2.75, 3.05) is 13.7 Å². The van der Waals surface area contributed by atoms with Crippen LogP contribution in [-0.2, 0) is 9.59 Å². The van der Waals surface area contributed by atoms with Crippen LogP contribution in [0.1, 0.15) is 41.0 Å². The molecule has 106 valence electrons. The van der Waals surface area contributed by atoms with Crippen LogP contribution in [0.4, 0.5) is 0 Å². The lowest BCUT2D eigenvalue weighted by Gasteiger charge is -2.37. The van der Waals surface area contributed by atoms with E-state index in [9.17, 15) is 19.8 Å². The van der Waals surface area contributed by atoms with Crippen LogP contribution in [0, 0.1) is 11.3 Å². The van der Waals surface area contributed by atoms with Crippen LogP contribution in [0.3, 0.4) is 0 Å². The molecule has 0 spiro atoms. The lowest BCUT2D eigenvalue weighted by atomic mass is 9.76. The maximum absolute atomic E-state index is 12.1. The van der Waals surface area contributed by atoms with Crippen molar-refractivity contribution in [3.63, 3.8) is 0 Å². The van der Waals surface area contributed by atoms with Crippen molar-refractivity contribution in [2.45, 2.75) is 46.6 Å². The molecule has 0 aromatic rings. The summed E-state index contributed by atoms with van der Waals surface area (Å²) in [5.41, 5.74) is -1.77. The molecular weight excluding hydrogens is 234 g/mol. The van der Waals surface area contributed by atoms with E-state index in [2.05, 4.69) is 0 Å². The third kappa shape index (κ3) is 3.45. The van der Waals surface area contributed by atoms with Gasteiger partial charge in [-0.15, -0.1) is 0 Å². The molecule has 5 nitrogen and oxygen atoms in total. The summed E-state index contributed by atoms with van der Waals surface area (Å²) >= 11 is 0. The number of carbonyl (C=O) groups is 2. The zero-order chi connectivity index (χ0) is 14.7. The maximum Gasteiger partial charge on any atom is 0.310 e. The van der Waals surface area contributed by atoms with Gasteiger partial charge in [0.1, 0.15) is 0 Å². The number of rotatable bonds is 6. The fourth-order valence-corrected chi connectivity index (χ4v) is 1.40. The van der Waals surface area contributed by atoms with E-state index in [4.69, 9.17) is 0 Å². The van der Waals surface area contributed by atoms with Crippen LogP contribution in [-0.4, -0.2) is 46.2 Å². The number of carboxylic acids is 1. The summed E-state index contributed by atoms with van der Waals surface area (Å²) in [6, 6.07) is 0. The number of likely N-dealkylation sites (N-methyl/N-ethyl adjacent to an activating group) is 1. The molecule has 1 amide bonds. The minimum absolute atomic E-state index is 0.0695. The molecule has 0 aliphatic carbocycles. The van der Waals surface area contributed by atoms with Gasteiger partial charge in [0.2, 0.25) is 5.91 Å². The topological polar surface area (TPSA) is 77.8 Å². The molecule has 0 bridgehead atoms. The molecule has 0 heterocycles. The molecular formula is C13H25NO4. The van der Waals surface area contributed by atoms with E-state index in [1.54, 1.807) is 41.7 Å².